The molecule has 0 aliphatic carbocycles. The number of hydrogen-bond acceptors (Lipinski definition) is 7. The van der Waals surface area contributed by atoms with Crippen LogP contribution in [0.2, 0.25) is 10.0 Å². The van der Waals surface area contributed by atoms with Crippen molar-refractivity contribution in [2.24, 2.45) is 0 Å². The van der Waals surface area contributed by atoms with Crippen molar-refractivity contribution in [2.75, 3.05) is 18.2 Å². The number of rotatable bonds is 7. The van der Waals surface area contributed by atoms with Gasteiger partial charge in [-0.3, -0.25) is 9.09 Å². The zero-order chi connectivity index (χ0) is 26.0. The van der Waals surface area contributed by atoms with Gasteiger partial charge in [0, 0.05) is 12.0 Å². The molecular formula is C25H26Cl2FN2O5P. The highest BCUT2D eigenvalue weighted by molar-refractivity contribution is 7.54. The molecule has 1 saturated heterocycles. The van der Waals surface area contributed by atoms with Crippen LogP contribution in [0.5, 0.6) is 17.2 Å². The van der Waals surface area contributed by atoms with Crippen LogP contribution in [0.25, 0.3) is 0 Å². The highest BCUT2D eigenvalue weighted by atomic mass is 35.5. The van der Waals surface area contributed by atoms with Crippen molar-refractivity contribution in [3.05, 3.63) is 75.1 Å². The van der Waals surface area contributed by atoms with Gasteiger partial charge in [-0.05, 0) is 36.6 Å². The fraction of sp³-hybridized carbons (Fsp3) is 0.320. The first kappa shape index (κ1) is 26.7. The Morgan fingerprint density at radius 2 is 2.03 bits per heavy atom. The van der Waals surface area contributed by atoms with E-state index in [0.717, 1.165) is 11.1 Å². The molecule has 36 heavy (non-hydrogen) atoms. The molecule has 2 aromatic carbocycles. The molecule has 2 N–H and O–H groups in total. The molecule has 0 radical (unpaired) electrons. The van der Waals surface area contributed by atoms with Crippen molar-refractivity contribution in [1.82, 2.24) is 4.98 Å². The van der Waals surface area contributed by atoms with Gasteiger partial charge in [0.1, 0.15) is 27.8 Å². The van der Waals surface area contributed by atoms with E-state index in [1.807, 2.05) is 45.0 Å². The molecule has 7 nitrogen and oxygen atoms in total. The average Bonchev–Trinajstić information content (AvgIpc) is 2.84. The molecule has 1 aromatic heterocycles. The lowest BCUT2D eigenvalue weighted by Gasteiger charge is -2.30. The van der Waals surface area contributed by atoms with E-state index in [2.05, 4.69) is 10.3 Å². The molecule has 0 bridgehead atoms. The lowest BCUT2D eigenvalue weighted by molar-refractivity contribution is 0.0822. The summed E-state index contributed by atoms with van der Waals surface area (Å²) in [5.41, 5.74) is 2.60. The Balaban J connectivity index is 1.54. The minimum atomic E-state index is -3.60. The molecule has 11 heteroatoms. The van der Waals surface area contributed by atoms with E-state index in [9.17, 15) is 14.1 Å². The van der Waals surface area contributed by atoms with Crippen molar-refractivity contribution in [2.45, 2.75) is 39.2 Å². The number of pyridine rings is 1. The molecule has 2 heterocycles. The zero-order valence-corrected chi connectivity index (χ0v) is 22.3. The molecule has 0 amide bonds. The van der Waals surface area contributed by atoms with Crippen molar-refractivity contribution >= 4 is 36.6 Å². The second kappa shape index (κ2) is 11.0. The van der Waals surface area contributed by atoms with E-state index >= 15 is 0 Å². The van der Waals surface area contributed by atoms with Gasteiger partial charge in [-0.15, -0.1) is 0 Å². The maximum absolute atomic E-state index is 14.6. The second-order valence-corrected chi connectivity index (χ2v) is 11.5. The monoisotopic (exact) mass is 554 g/mol. The standard InChI is InChI=1S/C25H26Cl2FN2O5P/c1-14(2)18-12-17(7-8-19(18)31)34-23-21(26)24(28)30-25(22(23)27)29-13-36(32)33-10-9-20(35-36)16-6-4-5-15(3)11-16/h4-8,11-12,14,20,31H,9-10,13H2,1-3H3,(H,29,30)/t20-,36+/m0/s1. The minimum Gasteiger partial charge on any atom is -0.508 e. The van der Waals surface area contributed by atoms with E-state index in [4.69, 9.17) is 37.0 Å². The first-order chi connectivity index (χ1) is 17.1. The minimum absolute atomic E-state index is 0.0160. The summed E-state index contributed by atoms with van der Waals surface area (Å²) in [6.45, 7) is 6.02. The summed E-state index contributed by atoms with van der Waals surface area (Å²) in [7, 11) is -3.60. The number of benzene rings is 2. The molecule has 3 aromatic rings. The number of hydrogen-bond donors (Lipinski definition) is 2. The highest BCUT2D eigenvalue weighted by Gasteiger charge is 2.35. The number of aryl methyl sites for hydroxylation is 1. The number of aromatic nitrogens is 1. The number of nitrogens with one attached hydrogen (secondary N) is 1. The number of ether oxygens (including phenoxy) is 1. The van der Waals surface area contributed by atoms with Crippen molar-refractivity contribution in [1.29, 1.82) is 0 Å². The third-order valence-electron chi connectivity index (χ3n) is 5.65. The summed E-state index contributed by atoms with van der Waals surface area (Å²) in [6.07, 6.45) is -0.148. The Labute approximate surface area is 219 Å². The van der Waals surface area contributed by atoms with Crippen LogP contribution in [0.4, 0.5) is 10.2 Å². The Morgan fingerprint density at radius 1 is 1.25 bits per heavy atom. The van der Waals surface area contributed by atoms with Gasteiger partial charge >= 0.3 is 7.60 Å². The lowest BCUT2D eigenvalue weighted by atomic mass is 10.0. The molecule has 1 aliphatic heterocycles. The maximum atomic E-state index is 14.6. The summed E-state index contributed by atoms with van der Waals surface area (Å²) < 4.78 is 45.0. The summed E-state index contributed by atoms with van der Waals surface area (Å²) in [5, 5.41) is 12.3. The maximum Gasteiger partial charge on any atom is 0.350 e. The molecule has 192 valence electrons. The lowest BCUT2D eigenvalue weighted by Crippen LogP contribution is -2.18. The second-order valence-electron chi connectivity index (χ2n) is 8.76. The van der Waals surface area contributed by atoms with Gasteiger partial charge in [0.15, 0.2) is 11.6 Å². The zero-order valence-electron chi connectivity index (χ0n) is 19.9. The Morgan fingerprint density at radius 3 is 2.75 bits per heavy atom. The molecule has 0 spiro atoms. The van der Waals surface area contributed by atoms with Gasteiger partial charge < -0.3 is 19.7 Å². The Bertz CT molecular complexity index is 1320. The SMILES string of the molecule is Cc1cccc([C@@H]2CCO[P@](=O)(CNc3nc(F)c(Cl)c(Oc4ccc(O)c(C(C)C)c4)c3Cl)O2)c1. The summed E-state index contributed by atoms with van der Waals surface area (Å²) in [4.78, 5) is 3.74. The molecule has 1 fully saturated rings. The van der Waals surface area contributed by atoms with Gasteiger partial charge in [0.05, 0.1) is 12.7 Å². The van der Waals surface area contributed by atoms with Crippen LogP contribution in [0, 0.1) is 12.9 Å². The number of nitrogens with zero attached hydrogens (tertiary/aromatic N) is 1. The van der Waals surface area contributed by atoms with Crippen molar-refractivity contribution < 1.29 is 27.8 Å². The number of phenolic OH excluding ortho intramolecular Hbond substituents is 1. The third kappa shape index (κ3) is 5.96. The number of phenols is 1. The van der Waals surface area contributed by atoms with Gasteiger partial charge in [-0.2, -0.15) is 9.37 Å². The first-order valence-electron chi connectivity index (χ1n) is 11.3. The summed E-state index contributed by atoms with van der Waals surface area (Å²) in [5.74, 6) is -0.903. The topological polar surface area (TPSA) is 89.9 Å². The van der Waals surface area contributed by atoms with Crippen LogP contribution in [-0.4, -0.2) is 23.0 Å². The van der Waals surface area contributed by atoms with E-state index in [-0.39, 0.29) is 41.2 Å². The Hall–Kier alpha value is -2.35. The third-order valence-corrected chi connectivity index (χ3v) is 8.02. The quantitative estimate of drug-likeness (QED) is 0.224. The molecular weight excluding hydrogens is 529 g/mol. The van der Waals surface area contributed by atoms with Crippen LogP contribution >= 0.6 is 30.8 Å². The smallest absolute Gasteiger partial charge is 0.350 e. The van der Waals surface area contributed by atoms with Gasteiger partial charge in [-0.25, -0.2) is 0 Å². The number of halogens is 3. The van der Waals surface area contributed by atoms with E-state index in [0.29, 0.717) is 17.7 Å². The van der Waals surface area contributed by atoms with E-state index < -0.39 is 24.7 Å². The Kier molecular flexibility index (Phi) is 8.12. The summed E-state index contributed by atoms with van der Waals surface area (Å²) >= 11 is 12.6. The van der Waals surface area contributed by atoms with E-state index in [1.54, 1.807) is 6.07 Å². The number of aromatic hydroxyl groups is 1. The van der Waals surface area contributed by atoms with Gasteiger partial charge in [0.2, 0.25) is 5.95 Å². The molecule has 4 rings (SSSR count). The first-order valence-corrected chi connectivity index (χ1v) is 13.8. The predicted octanol–water partition coefficient (Wildman–Crippen LogP) is 8.20. The molecule has 0 unspecified atom stereocenters. The van der Waals surface area contributed by atoms with E-state index in [1.165, 1.54) is 12.1 Å². The van der Waals surface area contributed by atoms with Gasteiger partial charge in [-0.1, -0.05) is 66.9 Å². The van der Waals surface area contributed by atoms with Gasteiger partial charge in [0.25, 0.3) is 0 Å². The van der Waals surface area contributed by atoms with Crippen LogP contribution in [-0.2, 0) is 13.6 Å². The average molecular weight is 555 g/mol. The fourth-order valence-electron chi connectivity index (χ4n) is 3.81. The molecule has 0 saturated carbocycles. The molecule has 1 aliphatic rings. The van der Waals surface area contributed by atoms with Crippen molar-refractivity contribution in [3.63, 3.8) is 0 Å². The van der Waals surface area contributed by atoms with Crippen LogP contribution in [0.15, 0.2) is 42.5 Å². The normalized spacial score (nSPS) is 19.9. The highest BCUT2D eigenvalue weighted by Crippen LogP contribution is 2.56. The predicted molar refractivity (Wildman–Crippen MR) is 138 cm³/mol. The summed E-state index contributed by atoms with van der Waals surface area (Å²) in [6, 6.07) is 12.3. The van der Waals surface area contributed by atoms with Crippen molar-refractivity contribution in [3.8, 4) is 17.2 Å². The van der Waals surface area contributed by atoms with Crippen LogP contribution < -0.4 is 10.1 Å². The fourth-order valence-corrected chi connectivity index (χ4v) is 5.84. The van der Waals surface area contributed by atoms with Crippen LogP contribution in [0.1, 0.15) is 49.0 Å². The number of anilines is 1. The molecule has 2 atom stereocenters. The largest absolute Gasteiger partial charge is 0.508 e. The van der Waals surface area contributed by atoms with Crippen LogP contribution in [0.3, 0.4) is 0 Å².